The van der Waals surface area contributed by atoms with Gasteiger partial charge in [-0.3, -0.25) is 9.69 Å². The summed E-state index contributed by atoms with van der Waals surface area (Å²) in [5.41, 5.74) is 0.837. The number of carboxylic acids is 1. The van der Waals surface area contributed by atoms with Crippen molar-refractivity contribution < 1.29 is 19.0 Å². The highest BCUT2D eigenvalue weighted by molar-refractivity contribution is 5.70. The Balaban J connectivity index is 2.00. The predicted octanol–water partition coefficient (Wildman–Crippen LogP) is 2.13. The Morgan fingerprint density at radius 1 is 1.58 bits per heavy atom. The number of aliphatic carboxylic acids is 1. The van der Waals surface area contributed by atoms with Gasteiger partial charge in [-0.1, -0.05) is 6.07 Å². The van der Waals surface area contributed by atoms with E-state index in [4.69, 9.17) is 9.84 Å². The number of hydrogen-bond acceptors (Lipinski definition) is 3. The van der Waals surface area contributed by atoms with Gasteiger partial charge in [-0.25, -0.2) is 4.39 Å². The normalized spacial score (nSPS) is 20.2. The summed E-state index contributed by atoms with van der Waals surface area (Å²) >= 11 is 0. The van der Waals surface area contributed by atoms with E-state index in [9.17, 15) is 9.18 Å². The molecule has 1 aliphatic rings. The number of halogens is 1. The van der Waals surface area contributed by atoms with Gasteiger partial charge in [0.25, 0.3) is 0 Å². The lowest BCUT2D eigenvalue weighted by Gasteiger charge is -2.30. The van der Waals surface area contributed by atoms with E-state index in [1.807, 2.05) is 6.07 Å². The molecule has 1 fully saturated rings. The van der Waals surface area contributed by atoms with Crippen LogP contribution in [0, 0.1) is 11.7 Å². The van der Waals surface area contributed by atoms with E-state index in [2.05, 4.69) is 4.90 Å². The summed E-state index contributed by atoms with van der Waals surface area (Å²) in [4.78, 5) is 13.0. The predicted molar refractivity (Wildman–Crippen MR) is 68.6 cm³/mol. The fourth-order valence-corrected chi connectivity index (χ4v) is 2.47. The molecule has 1 saturated heterocycles. The third kappa shape index (κ3) is 3.44. The van der Waals surface area contributed by atoms with Crippen molar-refractivity contribution in [1.82, 2.24) is 4.90 Å². The Kier molecular flexibility index (Phi) is 4.37. The molecule has 4 nitrogen and oxygen atoms in total. The van der Waals surface area contributed by atoms with Crippen molar-refractivity contribution in [2.24, 2.45) is 5.92 Å². The minimum Gasteiger partial charge on any atom is -0.494 e. The quantitative estimate of drug-likeness (QED) is 0.908. The van der Waals surface area contributed by atoms with Gasteiger partial charge >= 0.3 is 5.97 Å². The highest BCUT2D eigenvalue weighted by atomic mass is 19.1. The maximum absolute atomic E-state index is 13.6. The van der Waals surface area contributed by atoms with E-state index in [1.54, 1.807) is 6.07 Å². The van der Waals surface area contributed by atoms with Gasteiger partial charge in [0.1, 0.15) is 0 Å². The van der Waals surface area contributed by atoms with Crippen LogP contribution in [0.3, 0.4) is 0 Å². The first kappa shape index (κ1) is 13.8. The largest absolute Gasteiger partial charge is 0.494 e. The Labute approximate surface area is 111 Å². The zero-order valence-electron chi connectivity index (χ0n) is 10.9. The minimum atomic E-state index is -0.745. The molecule has 1 atom stereocenters. The van der Waals surface area contributed by atoms with Crippen LogP contribution >= 0.6 is 0 Å². The standard InChI is InChI=1S/C14H18FNO3/c1-19-13-5-4-10(7-12(13)15)8-16-6-2-3-11(9-16)14(17)18/h4-5,7,11H,2-3,6,8-9H2,1H3,(H,17,18)/t11-/m1/s1. The molecule has 19 heavy (non-hydrogen) atoms. The molecule has 104 valence electrons. The first-order valence-corrected chi connectivity index (χ1v) is 6.37. The molecular weight excluding hydrogens is 249 g/mol. The van der Waals surface area contributed by atoms with Gasteiger partial charge < -0.3 is 9.84 Å². The fourth-order valence-electron chi connectivity index (χ4n) is 2.47. The van der Waals surface area contributed by atoms with Gasteiger partial charge in [-0.2, -0.15) is 0 Å². The average Bonchev–Trinajstić information content (AvgIpc) is 2.39. The molecule has 1 aromatic carbocycles. The lowest BCUT2D eigenvalue weighted by atomic mass is 9.98. The van der Waals surface area contributed by atoms with E-state index in [0.29, 0.717) is 13.1 Å². The van der Waals surface area contributed by atoms with Gasteiger partial charge in [0.2, 0.25) is 0 Å². The van der Waals surface area contributed by atoms with Crippen molar-refractivity contribution in [3.05, 3.63) is 29.6 Å². The molecular formula is C14H18FNO3. The van der Waals surface area contributed by atoms with Crippen LogP contribution in [0.1, 0.15) is 18.4 Å². The fraction of sp³-hybridized carbons (Fsp3) is 0.500. The average molecular weight is 267 g/mol. The number of ether oxygens (including phenoxy) is 1. The van der Waals surface area contributed by atoms with Crippen LogP contribution in [-0.2, 0) is 11.3 Å². The molecule has 0 amide bonds. The van der Waals surface area contributed by atoms with Crippen molar-refractivity contribution >= 4 is 5.97 Å². The van der Waals surface area contributed by atoms with Gasteiger partial charge in [0, 0.05) is 13.1 Å². The maximum atomic E-state index is 13.6. The molecule has 1 aromatic rings. The van der Waals surface area contributed by atoms with Crippen LogP contribution in [0.25, 0.3) is 0 Å². The van der Waals surface area contributed by atoms with Crippen LogP contribution in [0.4, 0.5) is 4.39 Å². The lowest BCUT2D eigenvalue weighted by molar-refractivity contribution is -0.143. The van der Waals surface area contributed by atoms with Crippen molar-refractivity contribution in [2.75, 3.05) is 20.2 Å². The summed E-state index contributed by atoms with van der Waals surface area (Å²) in [6, 6.07) is 4.86. The zero-order chi connectivity index (χ0) is 13.8. The molecule has 5 heteroatoms. The second kappa shape index (κ2) is 6.02. The monoisotopic (exact) mass is 267 g/mol. The molecule has 1 heterocycles. The van der Waals surface area contributed by atoms with Crippen LogP contribution in [0.5, 0.6) is 5.75 Å². The van der Waals surface area contributed by atoms with E-state index in [1.165, 1.54) is 13.2 Å². The highest BCUT2D eigenvalue weighted by Crippen LogP contribution is 2.22. The molecule has 0 spiro atoms. The minimum absolute atomic E-state index is 0.228. The summed E-state index contributed by atoms with van der Waals surface area (Å²) in [5.74, 6) is -1.21. The van der Waals surface area contributed by atoms with E-state index in [-0.39, 0.29) is 17.5 Å². The molecule has 0 aliphatic carbocycles. The van der Waals surface area contributed by atoms with Crippen molar-refractivity contribution in [2.45, 2.75) is 19.4 Å². The third-order valence-electron chi connectivity index (χ3n) is 3.48. The van der Waals surface area contributed by atoms with Crippen LogP contribution in [-0.4, -0.2) is 36.2 Å². The molecule has 2 rings (SSSR count). The van der Waals surface area contributed by atoms with Crippen molar-refractivity contribution in [3.8, 4) is 5.75 Å². The molecule has 0 bridgehead atoms. The number of nitrogens with zero attached hydrogens (tertiary/aromatic N) is 1. The Bertz CT molecular complexity index is 464. The first-order valence-electron chi connectivity index (χ1n) is 6.37. The number of carbonyl (C=O) groups is 1. The summed E-state index contributed by atoms with van der Waals surface area (Å²) in [7, 11) is 1.43. The van der Waals surface area contributed by atoms with E-state index in [0.717, 1.165) is 24.9 Å². The number of hydrogen-bond donors (Lipinski definition) is 1. The molecule has 0 radical (unpaired) electrons. The van der Waals surface area contributed by atoms with Crippen LogP contribution < -0.4 is 4.74 Å². The Hall–Kier alpha value is -1.62. The number of rotatable bonds is 4. The van der Waals surface area contributed by atoms with Crippen molar-refractivity contribution in [1.29, 1.82) is 0 Å². The Morgan fingerprint density at radius 2 is 2.37 bits per heavy atom. The van der Waals surface area contributed by atoms with Gasteiger partial charge in [0.05, 0.1) is 13.0 Å². The third-order valence-corrected chi connectivity index (χ3v) is 3.48. The van der Waals surface area contributed by atoms with Gasteiger partial charge in [0.15, 0.2) is 11.6 Å². The molecule has 0 saturated carbocycles. The number of likely N-dealkylation sites (tertiary alicyclic amines) is 1. The number of piperidine rings is 1. The second-order valence-electron chi connectivity index (χ2n) is 4.88. The number of benzene rings is 1. The highest BCUT2D eigenvalue weighted by Gasteiger charge is 2.25. The molecule has 0 unspecified atom stereocenters. The SMILES string of the molecule is COc1ccc(CN2CCC[C@@H](C(=O)O)C2)cc1F. The molecule has 1 aliphatic heterocycles. The smallest absolute Gasteiger partial charge is 0.307 e. The molecule has 0 aromatic heterocycles. The van der Waals surface area contributed by atoms with E-state index >= 15 is 0 Å². The topological polar surface area (TPSA) is 49.8 Å². The Morgan fingerprint density at radius 3 is 3.00 bits per heavy atom. The summed E-state index contributed by atoms with van der Waals surface area (Å²) < 4.78 is 18.4. The second-order valence-corrected chi connectivity index (χ2v) is 4.88. The lowest BCUT2D eigenvalue weighted by Crippen LogP contribution is -2.38. The zero-order valence-corrected chi connectivity index (χ0v) is 10.9. The van der Waals surface area contributed by atoms with E-state index < -0.39 is 5.97 Å². The summed E-state index contributed by atoms with van der Waals surface area (Å²) in [5, 5.41) is 9.03. The van der Waals surface area contributed by atoms with Crippen molar-refractivity contribution in [3.63, 3.8) is 0 Å². The van der Waals surface area contributed by atoms with Gasteiger partial charge in [-0.15, -0.1) is 0 Å². The number of methoxy groups -OCH3 is 1. The van der Waals surface area contributed by atoms with Crippen LogP contribution in [0.15, 0.2) is 18.2 Å². The number of carboxylic acid groups (broad SMARTS) is 1. The van der Waals surface area contributed by atoms with Crippen LogP contribution in [0.2, 0.25) is 0 Å². The maximum Gasteiger partial charge on any atom is 0.307 e. The van der Waals surface area contributed by atoms with Gasteiger partial charge in [-0.05, 0) is 37.1 Å². The summed E-state index contributed by atoms with van der Waals surface area (Å²) in [6.07, 6.45) is 1.60. The molecule has 1 N–H and O–H groups in total. The first-order chi connectivity index (χ1) is 9.10. The summed E-state index contributed by atoms with van der Waals surface area (Å²) in [6.45, 7) is 1.96.